The van der Waals surface area contributed by atoms with E-state index >= 15 is 0 Å². The van der Waals surface area contributed by atoms with E-state index in [1.165, 1.54) is 16.7 Å². The van der Waals surface area contributed by atoms with Crippen molar-refractivity contribution in [2.45, 2.75) is 37.9 Å². The highest BCUT2D eigenvalue weighted by atomic mass is 19.4. The topological polar surface area (TPSA) is 189 Å². The number of aromatic nitrogens is 3. The second-order valence-electron chi connectivity index (χ2n) is 10.7. The molecule has 6 N–H and O–H groups in total. The molecular formula is C34H29F9N4O7. The number of hydrogen-bond donors (Lipinski definition) is 5. The van der Waals surface area contributed by atoms with Crippen molar-refractivity contribution in [1.29, 1.82) is 0 Å². The summed E-state index contributed by atoms with van der Waals surface area (Å²) in [7, 11) is 0. The third-order valence-corrected chi connectivity index (χ3v) is 6.51. The largest absolute Gasteiger partial charge is 0.490 e. The number of nitrogens with zero attached hydrogens (tertiary/aromatic N) is 2. The van der Waals surface area contributed by atoms with Crippen LogP contribution < -0.4 is 10.5 Å². The molecule has 20 heteroatoms. The van der Waals surface area contributed by atoms with Crippen LogP contribution in [0.5, 0.6) is 5.75 Å². The van der Waals surface area contributed by atoms with E-state index in [0.717, 1.165) is 34.1 Å². The Balaban J connectivity index is 0.000000393. The maximum absolute atomic E-state index is 10.6. The number of hydrogen-bond acceptors (Lipinski definition) is 7. The highest BCUT2D eigenvalue weighted by molar-refractivity contribution is 5.86. The van der Waals surface area contributed by atoms with Gasteiger partial charge in [-0.2, -0.15) is 44.6 Å². The maximum atomic E-state index is 10.6. The van der Waals surface area contributed by atoms with Crippen molar-refractivity contribution in [3.8, 4) is 28.0 Å². The molecule has 3 aromatic carbocycles. The molecule has 2 aromatic heterocycles. The van der Waals surface area contributed by atoms with Crippen LogP contribution in [-0.4, -0.2) is 79.6 Å². The molecule has 0 saturated heterocycles. The van der Waals surface area contributed by atoms with E-state index in [9.17, 15) is 39.5 Å². The van der Waals surface area contributed by atoms with Gasteiger partial charge >= 0.3 is 36.4 Å². The maximum Gasteiger partial charge on any atom is 0.490 e. The van der Waals surface area contributed by atoms with Crippen molar-refractivity contribution < 1.29 is 74.0 Å². The molecule has 0 aliphatic carbocycles. The summed E-state index contributed by atoms with van der Waals surface area (Å²) in [6, 6.07) is 27.0. The molecule has 0 amide bonds. The smallest absolute Gasteiger partial charge is 0.490 e. The van der Waals surface area contributed by atoms with Crippen LogP contribution in [0.4, 0.5) is 39.5 Å². The molecular weight excluding hydrogens is 747 g/mol. The van der Waals surface area contributed by atoms with Crippen LogP contribution in [0.1, 0.15) is 11.3 Å². The molecule has 0 radical (unpaired) electrons. The Kier molecular flexibility index (Phi) is 15.5. The lowest BCUT2D eigenvalue weighted by molar-refractivity contribution is -0.193. The number of aliphatic carboxylic acids is 3. The zero-order valence-electron chi connectivity index (χ0n) is 27.5. The van der Waals surface area contributed by atoms with Gasteiger partial charge in [-0.1, -0.05) is 60.7 Å². The van der Waals surface area contributed by atoms with Crippen molar-refractivity contribution in [3.05, 3.63) is 103 Å². The van der Waals surface area contributed by atoms with Crippen molar-refractivity contribution in [2.24, 2.45) is 5.73 Å². The first-order valence-electron chi connectivity index (χ1n) is 14.8. The van der Waals surface area contributed by atoms with Gasteiger partial charge in [0.15, 0.2) is 0 Å². The summed E-state index contributed by atoms with van der Waals surface area (Å²) in [6.45, 7) is 2.44. The Hall–Kier alpha value is -6.18. The Bertz CT molecular complexity index is 1940. The summed E-state index contributed by atoms with van der Waals surface area (Å²) in [4.78, 5) is 31.1. The molecule has 2 heterocycles. The molecule has 290 valence electrons. The summed E-state index contributed by atoms with van der Waals surface area (Å²) in [5, 5.41) is 29.8. The first-order valence-corrected chi connectivity index (χ1v) is 14.8. The van der Waals surface area contributed by atoms with E-state index in [4.69, 9.17) is 40.2 Å². The van der Waals surface area contributed by atoms with Crippen molar-refractivity contribution in [1.82, 2.24) is 15.2 Å². The molecule has 0 aliphatic rings. The van der Waals surface area contributed by atoms with Crippen LogP contribution in [0.15, 0.2) is 91.3 Å². The van der Waals surface area contributed by atoms with Crippen molar-refractivity contribution >= 4 is 28.8 Å². The highest BCUT2D eigenvalue weighted by Crippen LogP contribution is 2.27. The zero-order valence-corrected chi connectivity index (χ0v) is 27.5. The molecule has 0 aliphatic heterocycles. The number of nitrogens with one attached hydrogen (secondary N) is 1. The van der Waals surface area contributed by atoms with E-state index in [1.807, 2.05) is 31.3 Å². The number of ether oxygens (including phenoxy) is 1. The van der Waals surface area contributed by atoms with E-state index in [0.29, 0.717) is 12.4 Å². The number of aromatic amines is 1. The van der Waals surface area contributed by atoms with Gasteiger partial charge in [-0.15, -0.1) is 0 Å². The third-order valence-electron chi connectivity index (χ3n) is 6.51. The van der Waals surface area contributed by atoms with E-state index in [2.05, 4.69) is 75.8 Å². The number of alkyl halides is 9. The second kappa shape index (κ2) is 19.1. The van der Waals surface area contributed by atoms with Crippen LogP contribution in [0, 0.1) is 6.92 Å². The molecule has 11 nitrogen and oxygen atoms in total. The Morgan fingerprint density at radius 3 is 1.76 bits per heavy atom. The number of rotatable bonds is 7. The second-order valence-corrected chi connectivity index (χ2v) is 10.7. The fraction of sp³-hybridized carbons (Fsp3) is 0.206. The summed E-state index contributed by atoms with van der Waals surface area (Å²) in [5.74, 6) is -7.56. The van der Waals surface area contributed by atoms with E-state index < -0.39 is 36.4 Å². The number of nitrogens with two attached hydrogens (primary N) is 1. The van der Waals surface area contributed by atoms with Crippen LogP contribution in [-0.2, 0) is 20.8 Å². The summed E-state index contributed by atoms with van der Waals surface area (Å²) in [5.41, 5.74) is 14.1. The first kappa shape index (κ1) is 44.0. The fourth-order valence-corrected chi connectivity index (χ4v) is 4.05. The van der Waals surface area contributed by atoms with Crippen LogP contribution in [0.3, 0.4) is 0 Å². The monoisotopic (exact) mass is 776 g/mol. The van der Waals surface area contributed by atoms with Gasteiger partial charge in [-0.25, -0.2) is 14.4 Å². The van der Waals surface area contributed by atoms with Crippen LogP contribution in [0.2, 0.25) is 0 Å². The van der Waals surface area contributed by atoms with Gasteiger partial charge in [-0.3, -0.25) is 10.1 Å². The number of carboxylic acid groups (broad SMARTS) is 3. The van der Waals surface area contributed by atoms with Gasteiger partial charge in [0.05, 0.1) is 11.7 Å². The quantitative estimate of drug-likeness (QED) is 0.104. The number of carbonyl (C=O) groups is 3. The number of pyridine rings is 1. The van der Waals surface area contributed by atoms with Gasteiger partial charge in [0.2, 0.25) is 0 Å². The van der Waals surface area contributed by atoms with Crippen molar-refractivity contribution in [2.75, 3.05) is 6.61 Å². The van der Waals surface area contributed by atoms with Crippen LogP contribution >= 0.6 is 0 Å². The number of halogens is 9. The molecule has 0 fully saturated rings. The average Bonchev–Trinajstić information content (AvgIpc) is 3.47. The van der Waals surface area contributed by atoms with E-state index in [-0.39, 0.29) is 6.04 Å². The molecule has 0 bridgehead atoms. The molecule has 5 rings (SSSR count). The standard InChI is InChI=1S/C28H26N4O.3C2HF3O2/c1-19-27-15-23(10-11-28(27)32-31-19)24-14-26(17-30-16-24)33-18-25(29)13-20-6-5-9-22(12-20)21-7-3-2-4-8-21;3*3-2(4,5)1(6)7/h2-12,14-17,25H,13,18,29H2,1H3,(H,31,32);3*(H,6,7)/t25-;;;/m0.../s1. The zero-order chi connectivity index (χ0) is 40.9. The third kappa shape index (κ3) is 14.8. The first-order chi connectivity index (χ1) is 25.0. The SMILES string of the molecule is Cc1[nH]nc2ccc(-c3cncc(OC[C@@H](N)Cc4cccc(-c5ccccc5)c4)c3)cc12.O=C(O)C(F)(F)F.O=C(O)C(F)(F)F.O=C(O)C(F)(F)F. The van der Waals surface area contributed by atoms with Gasteiger partial charge < -0.3 is 25.8 Å². The molecule has 54 heavy (non-hydrogen) atoms. The summed E-state index contributed by atoms with van der Waals surface area (Å²) >= 11 is 0. The minimum atomic E-state index is -5.08. The molecule has 0 saturated carbocycles. The van der Waals surface area contributed by atoms with Crippen molar-refractivity contribution in [3.63, 3.8) is 0 Å². The predicted molar refractivity (Wildman–Crippen MR) is 174 cm³/mol. The summed E-state index contributed by atoms with van der Waals surface area (Å²) < 4.78 is 101. The Morgan fingerprint density at radius 2 is 1.22 bits per heavy atom. The molecule has 5 aromatic rings. The molecule has 1 atom stereocenters. The average molecular weight is 777 g/mol. The molecule has 0 unspecified atom stereocenters. The minimum Gasteiger partial charge on any atom is -0.490 e. The lowest BCUT2D eigenvalue weighted by atomic mass is 10.00. The number of H-pyrrole nitrogens is 1. The Labute approximate surface area is 298 Å². The number of carboxylic acids is 3. The number of fused-ring (bicyclic) bond motifs is 1. The Morgan fingerprint density at radius 1 is 0.704 bits per heavy atom. The van der Waals surface area contributed by atoms with Gasteiger partial charge in [-0.05, 0) is 53.8 Å². The summed E-state index contributed by atoms with van der Waals surface area (Å²) in [6.07, 6.45) is -10.9. The highest BCUT2D eigenvalue weighted by Gasteiger charge is 2.39. The van der Waals surface area contributed by atoms with E-state index in [1.54, 1.807) is 6.20 Å². The predicted octanol–water partition coefficient (Wildman–Crippen LogP) is 7.45. The fourth-order valence-electron chi connectivity index (χ4n) is 4.05. The lowest BCUT2D eigenvalue weighted by Crippen LogP contribution is -2.30. The van der Waals surface area contributed by atoms with Gasteiger partial charge in [0.1, 0.15) is 12.4 Å². The normalized spacial score (nSPS) is 11.8. The number of aryl methyl sites for hydroxylation is 1. The van der Waals surface area contributed by atoms with Crippen LogP contribution in [0.25, 0.3) is 33.2 Å². The number of benzene rings is 3. The minimum absolute atomic E-state index is 0.121. The van der Waals surface area contributed by atoms with Gasteiger partial charge in [0.25, 0.3) is 0 Å². The lowest BCUT2D eigenvalue weighted by Gasteiger charge is -2.14. The molecule has 0 spiro atoms. The van der Waals surface area contributed by atoms with Gasteiger partial charge in [0, 0.05) is 28.9 Å².